The Bertz CT molecular complexity index is 1430. The molecule has 32 heavy (non-hydrogen) atoms. The monoisotopic (exact) mass is 422 g/mol. The molecule has 0 bridgehead atoms. The summed E-state index contributed by atoms with van der Waals surface area (Å²) in [7, 11) is 2.00. The number of aromatic nitrogens is 5. The Morgan fingerprint density at radius 1 is 0.969 bits per heavy atom. The Morgan fingerprint density at radius 2 is 1.75 bits per heavy atom. The van der Waals surface area contributed by atoms with Crippen LogP contribution in [0.25, 0.3) is 28.2 Å². The van der Waals surface area contributed by atoms with Crippen molar-refractivity contribution in [2.45, 2.75) is 13.8 Å². The highest BCUT2D eigenvalue weighted by molar-refractivity contribution is 6.04. The van der Waals surface area contributed by atoms with Crippen molar-refractivity contribution in [1.29, 1.82) is 0 Å². The molecule has 0 spiro atoms. The molecule has 3 aromatic heterocycles. The summed E-state index contributed by atoms with van der Waals surface area (Å²) in [5.74, 6) is 1.35. The van der Waals surface area contributed by atoms with Gasteiger partial charge in [0.25, 0.3) is 5.91 Å². The van der Waals surface area contributed by atoms with E-state index >= 15 is 0 Å². The molecular formula is C25H22N6O. The number of amides is 1. The van der Waals surface area contributed by atoms with Crippen LogP contribution in [0.2, 0.25) is 0 Å². The van der Waals surface area contributed by atoms with Gasteiger partial charge < -0.3 is 9.88 Å². The number of imidazole rings is 1. The Morgan fingerprint density at radius 3 is 2.41 bits per heavy atom. The number of rotatable bonds is 4. The largest absolute Gasteiger partial charge is 0.327 e. The Balaban J connectivity index is 1.32. The van der Waals surface area contributed by atoms with Gasteiger partial charge in [-0.1, -0.05) is 12.1 Å². The lowest BCUT2D eigenvalue weighted by atomic mass is 10.2. The fourth-order valence-electron chi connectivity index (χ4n) is 3.82. The zero-order valence-corrected chi connectivity index (χ0v) is 18.1. The minimum atomic E-state index is -0.215. The quantitative estimate of drug-likeness (QED) is 0.456. The molecule has 5 aromatic rings. The SMILES string of the molecule is Cc1cc(C)n(-c2ccc(C(=O)Nc3ccc(-c4nc5ccccc5n4C)cc3)cn2)n1. The first-order chi connectivity index (χ1) is 15.5. The molecule has 0 aliphatic heterocycles. The standard InChI is InChI=1S/C25H22N6O/c1-16-14-17(2)31(29-16)23-13-10-19(15-26-23)25(32)27-20-11-8-18(9-12-20)24-28-21-6-4-5-7-22(21)30(24)3/h4-15H,1-3H3,(H,27,32). The maximum absolute atomic E-state index is 12.7. The number of anilines is 1. The van der Waals surface area contributed by atoms with Gasteiger partial charge in [0.05, 0.1) is 22.3 Å². The summed E-state index contributed by atoms with van der Waals surface area (Å²) >= 11 is 0. The molecular weight excluding hydrogens is 400 g/mol. The number of aryl methyl sites for hydroxylation is 3. The van der Waals surface area contributed by atoms with Gasteiger partial charge in [0.1, 0.15) is 5.82 Å². The normalized spacial score (nSPS) is 11.1. The molecule has 3 heterocycles. The molecule has 1 N–H and O–H groups in total. The summed E-state index contributed by atoms with van der Waals surface area (Å²) in [6, 6.07) is 21.2. The van der Waals surface area contributed by atoms with Gasteiger partial charge in [-0.2, -0.15) is 5.10 Å². The molecule has 7 heteroatoms. The van der Waals surface area contributed by atoms with Gasteiger partial charge in [0.15, 0.2) is 5.82 Å². The average Bonchev–Trinajstić information content (AvgIpc) is 3.33. The number of nitrogens with one attached hydrogen (secondary N) is 1. The zero-order chi connectivity index (χ0) is 22.2. The fourth-order valence-corrected chi connectivity index (χ4v) is 3.82. The van der Waals surface area contributed by atoms with Crippen molar-refractivity contribution in [3.8, 4) is 17.2 Å². The number of hydrogen-bond donors (Lipinski definition) is 1. The number of para-hydroxylation sites is 2. The van der Waals surface area contributed by atoms with Crippen LogP contribution in [-0.4, -0.2) is 30.2 Å². The van der Waals surface area contributed by atoms with E-state index in [0.29, 0.717) is 17.1 Å². The predicted octanol–water partition coefficient (Wildman–Crippen LogP) is 4.69. The Labute approximate surface area is 185 Å². The number of pyridine rings is 1. The highest BCUT2D eigenvalue weighted by atomic mass is 16.1. The van der Waals surface area contributed by atoms with E-state index in [1.165, 1.54) is 0 Å². The third-order valence-electron chi connectivity index (χ3n) is 5.42. The topological polar surface area (TPSA) is 77.6 Å². The van der Waals surface area contributed by atoms with E-state index in [-0.39, 0.29) is 5.91 Å². The van der Waals surface area contributed by atoms with Gasteiger partial charge in [0, 0.05) is 30.2 Å². The van der Waals surface area contributed by atoms with Crippen LogP contribution in [-0.2, 0) is 7.05 Å². The van der Waals surface area contributed by atoms with Crippen LogP contribution in [0.1, 0.15) is 21.7 Å². The van der Waals surface area contributed by atoms with Crippen molar-refractivity contribution in [2.24, 2.45) is 7.05 Å². The van der Waals surface area contributed by atoms with E-state index in [2.05, 4.69) is 26.0 Å². The summed E-state index contributed by atoms with van der Waals surface area (Å²) < 4.78 is 3.83. The van der Waals surface area contributed by atoms with Crippen molar-refractivity contribution in [2.75, 3.05) is 5.32 Å². The second-order valence-corrected chi connectivity index (χ2v) is 7.76. The van der Waals surface area contributed by atoms with Gasteiger partial charge in [-0.05, 0) is 68.4 Å². The lowest BCUT2D eigenvalue weighted by Crippen LogP contribution is -2.13. The Hall–Kier alpha value is -4.26. The Kier molecular flexibility index (Phi) is 4.78. The molecule has 0 atom stereocenters. The maximum atomic E-state index is 12.7. The summed E-state index contributed by atoms with van der Waals surface area (Å²) in [6.07, 6.45) is 1.56. The molecule has 0 aliphatic carbocycles. The number of carbonyl (C=O) groups is 1. The van der Waals surface area contributed by atoms with Gasteiger partial charge in [-0.25, -0.2) is 14.6 Å². The molecule has 1 amide bonds. The van der Waals surface area contributed by atoms with E-state index in [9.17, 15) is 4.79 Å². The second kappa shape index (κ2) is 7.77. The summed E-state index contributed by atoms with van der Waals surface area (Å²) in [4.78, 5) is 21.8. The molecule has 2 aromatic carbocycles. The highest BCUT2D eigenvalue weighted by Gasteiger charge is 2.12. The van der Waals surface area contributed by atoms with Crippen molar-refractivity contribution in [1.82, 2.24) is 24.3 Å². The zero-order valence-electron chi connectivity index (χ0n) is 18.1. The maximum Gasteiger partial charge on any atom is 0.257 e. The first kappa shape index (κ1) is 19.7. The van der Waals surface area contributed by atoms with E-state index < -0.39 is 0 Å². The smallest absolute Gasteiger partial charge is 0.257 e. The first-order valence-electron chi connectivity index (χ1n) is 10.3. The van der Waals surface area contributed by atoms with Crippen molar-refractivity contribution >= 4 is 22.6 Å². The molecule has 0 saturated heterocycles. The molecule has 0 saturated carbocycles. The second-order valence-electron chi connectivity index (χ2n) is 7.76. The lowest BCUT2D eigenvalue weighted by Gasteiger charge is -2.08. The van der Waals surface area contributed by atoms with Gasteiger partial charge in [0.2, 0.25) is 0 Å². The van der Waals surface area contributed by atoms with Crippen LogP contribution in [0, 0.1) is 13.8 Å². The number of carbonyl (C=O) groups excluding carboxylic acids is 1. The van der Waals surface area contributed by atoms with E-state index in [1.807, 2.05) is 69.4 Å². The van der Waals surface area contributed by atoms with Crippen LogP contribution in [0.15, 0.2) is 72.9 Å². The minimum Gasteiger partial charge on any atom is -0.327 e. The van der Waals surface area contributed by atoms with Gasteiger partial charge in [-0.15, -0.1) is 0 Å². The van der Waals surface area contributed by atoms with Crippen LogP contribution < -0.4 is 5.32 Å². The van der Waals surface area contributed by atoms with Crippen molar-refractivity contribution in [3.05, 3.63) is 89.9 Å². The minimum absolute atomic E-state index is 0.215. The van der Waals surface area contributed by atoms with Crippen molar-refractivity contribution < 1.29 is 4.79 Å². The first-order valence-corrected chi connectivity index (χ1v) is 10.3. The number of nitrogens with zero attached hydrogens (tertiary/aromatic N) is 5. The van der Waals surface area contributed by atoms with Crippen molar-refractivity contribution in [3.63, 3.8) is 0 Å². The number of hydrogen-bond acceptors (Lipinski definition) is 4. The molecule has 7 nitrogen and oxygen atoms in total. The fraction of sp³-hybridized carbons (Fsp3) is 0.120. The molecule has 5 rings (SSSR count). The number of fused-ring (bicyclic) bond motifs is 1. The van der Waals surface area contributed by atoms with E-state index in [1.54, 1.807) is 23.0 Å². The predicted molar refractivity (Wildman–Crippen MR) is 125 cm³/mol. The highest BCUT2D eigenvalue weighted by Crippen LogP contribution is 2.25. The van der Waals surface area contributed by atoms with Crippen LogP contribution >= 0.6 is 0 Å². The summed E-state index contributed by atoms with van der Waals surface area (Å²) in [6.45, 7) is 3.91. The molecule has 0 unspecified atom stereocenters. The van der Waals surface area contributed by atoms with Gasteiger partial charge >= 0.3 is 0 Å². The van der Waals surface area contributed by atoms with E-state index in [0.717, 1.165) is 33.8 Å². The molecule has 0 radical (unpaired) electrons. The third-order valence-corrected chi connectivity index (χ3v) is 5.42. The third kappa shape index (κ3) is 3.54. The van der Waals surface area contributed by atoms with E-state index in [4.69, 9.17) is 4.98 Å². The lowest BCUT2D eigenvalue weighted by molar-refractivity contribution is 0.102. The van der Waals surface area contributed by atoms with Crippen LogP contribution in [0.3, 0.4) is 0 Å². The number of benzene rings is 2. The summed E-state index contributed by atoms with van der Waals surface area (Å²) in [5, 5.41) is 7.35. The van der Waals surface area contributed by atoms with Gasteiger partial charge in [-0.3, -0.25) is 4.79 Å². The summed E-state index contributed by atoms with van der Waals surface area (Å²) in [5.41, 5.74) is 6.13. The molecule has 0 aliphatic rings. The average molecular weight is 422 g/mol. The van der Waals surface area contributed by atoms with Crippen LogP contribution in [0.4, 0.5) is 5.69 Å². The van der Waals surface area contributed by atoms with Crippen LogP contribution in [0.5, 0.6) is 0 Å². The molecule has 158 valence electrons. The molecule has 0 fully saturated rings.